The molecule has 3 amide bonds. The Morgan fingerprint density at radius 2 is 1.80 bits per heavy atom. The van der Waals surface area contributed by atoms with Gasteiger partial charge in [-0.05, 0) is 60.2 Å². The molecule has 2 aromatic carbocycles. The average Bonchev–Trinajstić information content (AvgIpc) is 3.66. The number of benzene rings is 2. The van der Waals surface area contributed by atoms with Crippen LogP contribution in [0, 0.1) is 18.6 Å². The van der Waals surface area contributed by atoms with Gasteiger partial charge in [0.1, 0.15) is 17.0 Å². The summed E-state index contributed by atoms with van der Waals surface area (Å²) < 4.78 is 33.6. The zero-order valence-electron chi connectivity index (χ0n) is 24.1. The second-order valence-corrected chi connectivity index (χ2v) is 10.8. The Hall–Kier alpha value is -5.24. The van der Waals surface area contributed by atoms with Crippen LogP contribution in [0.15, 0.2) is 42.6 Å². The van der Waals surface area contributed by atoms with Crippen LogP contribution >= 0.6 is 0 Å². The predicted molar refractivity (Wildman–Crippen MR) is 154 cm³/mol. The van der Waals surface area contributed by atoms with Crippen LogP contribution in [0.25, 0.3) is 5.65 Å². The van der Waals surface area contributed by atoms with Gasteiger partial charge in [-0.3, -0.25) is 14.4 Å². The Labute approximate surface area is 255 Å². The number of nitrogens with zero attached hydrogens (tertiary/aromatic N) is 4. The Kier molecular flexibility index (Phi) is 7.97. The maximum atomic E-state index is 13.8. The molecular weight excluding hydrogens is 590 g/mol. The van der Waals surface area contributed by atoms with Crippen molar-refractivity contribution in [1.82, 2.24) is 30.1 Å². The number of rotatable bonds is 7. The molecule has 1 fully saturated rings. The van der Waals surface area contributed by atoms with Crippen molar-refractivity contribution >= 4 is 29.3 Å². The summed E-state index contributed by atoms with van der Waals surface area (Å²) in [7, 11) is 0. The van der Waals surface area contributed by atoms with E-state index in [0.29, 0.717) is 50.3 Å². The lowest BCUT2D eigenvalue weighted by Crippen LogP contribution is -2.40. The summed E-state index contributed by atoms with van der Waals surface area (Å²) in [5, 5.41) is 19.3. The molecule has 0 radical (unpaired) electrons. The standard InChI is InChI=1S/C31H28F2N6O6/c1-16-18-5-7-24(20(18)4-3-19(16)31(43)44)37-29(41)26-13-25(28(40)34-14-17-2-6-22(32)23(33)12-17)36-27-21(15-35-39(26)27)30(42)38-8-10-45-11-9-38/h2-4,6,12-13,15,24H,5,7-11,14H2,1H3,(H,34,40)(H,37,41)(H,43,44). The molecule has 6 rings (SSSR count). The maximum Gasteiger partial charge on any atom is 0.335 e. The van der Waals surface area contributed by atoms with Crippen LogP contribution in [0.3, 0.4) is 0 Å². The van der Waals surface area contributed by atoms with Crippen molar-refractivity contribution < 1.29 is 37.8 Å². The zero-order valence-corrected chi connectivity index (χ0v) is 24.1. The van der Waals surface area contributed by atoms with Gasteiger partial charge in [0.2, 0.25) is 0 Å². The Balaban J connectivity index is 1.33. The van der Waals surface area contributed by atoms with Crippen LogP contribution < -0.4 is 10.6 Å². The van der Waals surface area contributed by atoms with Gasteiger partial charge >= 0.3 is 5.97 Å². The van der Waals surface area contributed by atoms with Crippen molar-refractivity contribution in [2.24, 2.45) is 0 Å². The number of carbonyl (C=O) groups excluding carboxylic acids is 3. The normalized spacial score (nSPS) is 16.0. The first-order valence-electron chi connectivity index (χ1n) is 14.3. The van der Waals surface area contributed by atoms with E-state index in [1.54, 1.807) is 17.9 Å². The number of aromatic nitrogens is 3. The van der Waals surface area contributed by atoms with Crippen molar-refractivity contribution in [2.45, 2.75) is 32.4 Å². The highest BCUT2D eigenvalue weighted by atomic mass is 19.2. The summed E-state index contributed by atoms with van der Waals surface area (Å²) in [6.45, 7) is 3.00. The lowest BCUT2D eigenvalue weighted by atomic mass is 9.98. The highest BCUT2D eigenvalue weighted by molar-refractivity contribution is 6.03. The van der Waals surface area contributed by atoms with E-state index < -0.39 is 35.5 Å². The highest BCUT2D eigenvalue weighted by Gasteiger charge is 2.30. The van der Waals surface area contributed by atoms with Crippen molar-refractivity contribution in [3.05, 3.63) is 99.0 Å². The Morgan fingerprint density at radius 1 is 1.02 bits per heavy atom. The van der Waals surface area contributed by atoms with E-state index in [1.807, 2.05) is 0 Å². The lowest BCUT2D eigenvalue weighted by Gasteiger charge is -2.26. The van der Waals surface area contributed by atoms with E-state index in [-0.39, 0.29) is 40.6 Å². The number of fused-ring (bicyclic) bond motifs is 2. The minimum Gasteiger partial charge on any atom is -0.478 e. The second kappa shape index (κ2) is 12.0. The van der Waals surface area contributed by atoms with Crippen molar-refractivity contribution in [3.8, 4) is 0 Å². The number of hydrogen-bond acceptors (Lipinski definition) is 7. The van der Waals surface area contributed by atoms with Gasteiger partial charge in [-0.25, -0.2) is 23.1 Å². The van der Waals surface area contributed by atoms with E-state index in [1.165, 1.54) is 28.9 Å². The molecule has 1 aliphatic carbocycles. The molecular formula is C31H28F2N6O6. The summed E-state index contributed by atoms with van der Waals surface area (Å²) in [5.41, 5.74) is 2.61. The number of hydrogen-bond donors (Lipinski definition) is 3. The molecule has 2 aliphatic rings. The van der Waals surface area contributed by atoms with Gasteiger partial charge in [-0.15, -0.1) is 0 Å². The molecule has 3 N–H and O–H groups in total. The molecule has 1 atom stereocenters. The third-order valence-electron chi connectivity index (χ3n) is 8.13. The molecule has 12 nitrogen and oxygen atoms in total. The molecule has 3 heterocycles. The first-order chi connectivity index (χ1) is 21.6. The van der Waals surface area contributed by atoms with E-state index in [4.69, 9.17) is 4.74 Å². The van der Waals surface area contributed by atoms with Crippen LogP contribution in [0.2, 0.25) is 0 Å². The quantitative estimate of drug-likeness (QED) is 0.286. The van der Waals surface area contributed by atoms with Gasteiger partial charge in [-0.1, -0.05) is 12.1 Å². The molecule has 0 spiro atoms. The van der Waals surface area contributed by atoms with Gasteiger partial charge in [0.15, 0.2) is 17.3 Å². The summed E-state index contributed by atoms with van der Waals surface area (Å²) in [4.78, 5) is 58.0. The van der Waals surface area contributed by atoms with Gasteiger partial charge in [0.25, 0.3) is 17.7 Å². The fraction of sp³-hybridized carbons (Fsp3) is 0.290. The summed E-state index contributed by atoms with van der Waals surface area (Å²) in [6.07, 6.45) is 2.39. The monoisotopic (exact) mass is 618 g/mol. The fourth-order valence-electron chi connectivity index (χ4n) is 5.75. The van der Waals surface area contributed by atoms with Gasteiger partial charge in [0.05, 0.1) is 31.0 Å². The zero-order chi connectivity index (χ0) is 31.8. The number of carbonyl (C=O) groups is 4. The van der Waals surface area contributed by atoms with E-state index >= 15 is 0 Å². The minimum absolute atomic E-state index is 0.00844. The number of amides is 3. The first-order valence-corrected chi connectivity index (χ1v) is 14.3. The molecule has 14 heteroatoms. The van der Waals surface area contributed by atoms with Gasteiger partial charge in [-0.2, -0.15) is 5.10 Å². The molecule has 1 aliphatic heterocycles. The number of morpholine rings is 1. The van der Waals surface area contributed by atoms with Crippen LogP contribution in [-0.2, 0) is 17.7 Å². The lowest BCUT2D eigenvalue weighted by molar-refractivity contribution is 0.0304. The molecule has 4 aromatic rings. The van der Waals surface area contributed by atoms with Gasteiger partial charge in [0, 0.05) is 25.7 Å². The van der Waals surface area contributed by atoms with E-state index in [2.05, 4.69) is 20.7 Å². The molecule has 1 saturated heterocycles. The van der Waals surface area contributed by atoms with E-state index in [0.717, 1.165) is 23.3 Å². The summed E-state index contributed by atoms with van der Waals surface area (Å²) in [5.74, 6) is -4.81. The maximum absolute atomic E-state index is 13.8. The largest absolute Gasteiger partial charge is 0.478 e. The molecule has 0 saturated carbocycles. The second-order valence-electron chi connectivity index (χ2n) is 10.8. The van der Waals surface area contributed by atoms with Crippen molar-refractivity contribution in [1.29, 1.82) is 0 Å². The number of carboxylic acid groups (broad SMARTS) is 1. The SMILES string of the molecule is Cc1c(C(=O)O)ccc2c1CCC2NC(=O)c1cc(C(=O)NCc2ccc(F)c(F)c2)nc2c(C(=O)N3CCOCC3)cnn12. The van der Waals surface area contributed by atoms with Crippen LogP contribution in [0.1, 0.15) is 76.4 Å². The van der Waals surface area contributed by atoms with Gasteiger partial charge < -0.3 is 25.4 Å². The number of ether oxygens (including phenoxy) is 1. The number of nitrogens with one attached hydrogen (secondary N) is 2. The minimum atomic E-state index is -1.06. The van der Waals surface area contributed by atoms with Crippen LogP contribution in [0.5, 0.6) is 0 Å². The first kappa shape index (κ1) is 29.8. The smallest absolute Gasteiger partial charge is 0.335 e. The molecule has 0 bridgehead atoms. The van der Waals surface area contributed by atoms with Crippen molar-refractivity contribution in [2.75, 3.05) is 26.3 Å². The Morgan fingerprint density at radius 3 is 2.53 bits per heavy atom. The molecule has 232 valence electrons. The Bertz CT molecular complexity index is 1870. The average molecular weight is 619 g/mol. The number of halogens is 2. The topological polar surface area (TPSA) is 155 Å². The third-order valence-corrected chi connectivity index (χ3v) is 8.13. The van der Waals surface area contributed by atoms with Crippen molar-refractivity contribution in [3.63, 3.8) is 0 Å². The third kappa shape index (κ3) is 5.71. The number of aromatic carboxylic acids is 1. The molecule has 2 aromatic heterocycles. The summed E-state index contributed by atoms with van der Waals surface area (Å²) >= 11 is 0. The van der Waals surface area contributed by atoms with Crippen LogP contribution in [-0.4, -0.2) is 74.6 Å². The van der Waals surface area contributed by atoms with Crippen LogP contribution in [0.4, 0.5) is 8.78 Å². The molecule has 1 unspecified atom stereocenters. The predicted octanol–water partition coefficient (Wildman–Crippen LogP) is 2.83. The fourth-order valence-corrected chi connectivity index (χ4v) is 5.75. The summed E-state index contributed by atoms with van der Waals surface area (Å²) in [6, 6.07) is 7.24. The number of carboxylic acids is 1. The van der Waals surface area contributed by atoms with E-state index in [9.17, 15) is 33.1 Å². The molecule has 45 heavy (non-hydrogen) atoms. The highest BCUT2D eigenvalue weighted by Crippen LogP contribution is 2.35.